The summed E-state index contributed by atoms with van der Waals surface area (Å²) in [5, 5.41) is 8.55. The minimum absolute atomic E-state index is 0.153. The van der Waals surface area contributed by atoms with Crippen molar-refractivity contribution in [3.8, 4) is 22.4 Å². The lowest BCUT2D eigenvalue weighted by atomic mass is 9.99. The van der Waals surface area contributed by atoms with E-state index in [0.29, 0.717) is 12.1 Å². The predicted octanol–water partition coefficient (Wildman–Crippen LogP) is 5.03. The molecule has 3 aromatic carbocycles. The van der Waals surface area contributed by atoms with Gasteiger partial charge in [-0.1, -0.05) is 66.7 Å². The van der Waals surface area contributed by atoms with Gasteiger partial charge in [0.25, 0.3) is 5.91 Å². The number of anilines is 1. The van der Waals surface area contributed by atoms with Crippen molar-refractivity contribution in [1.82, 2.24) is 14.7 Å². The maximum Gasteiger partial charge on any atom is 0.256 e. The molecule has 170 valence electrons. The molecule has 0 fully saturated rings. The van der Waals surface area contributed by atoms with Gasteiger partial charge in [0, 0.05) is 48.0 Å². The highest BCUT2D eigenvalue weighted by molar-refractivity contribution is 7.15. The number of hydrogen-bond donors (Lipinski definition) is 3. The van der Waals surface area contributed by atoms with E-state index in [4.69, 9.17) is 10.7 Å². The summed E-state index contributed by atoms with van der Waals surface area (Å²) in [4.78, 5) is 19.1. The van der Waals surface area contributed by atoms with Gasteiger partial charge in [0.1, 0.15) is 0 Å². The summed E-state index contributed by atoms with van der Waals surface area (Å²) in [6.07, 6.45) is 2.02. The van der Waals surface area contributed by atoms with Crippen molar-refractivity contribution in [3.63, 3.8) is 0 Å². The Balaban J connectivity index is 1.44. The molecular weight excluding hydrogens is 442 g/mol. The number of amides is 1. The highest BCUT2D eigenvalue weighted by Gasteiger charge is 2.16. The number of rotatable bonds is 8. The molecule has 5 aromatic rings. The highest BCUT2D eigenvalue weighted by Crippen LogP contribution is 2.31. The molecule has 5 rings (SSSR count). The van der Waals surface area contributed by atoms with Crippen LogP contribution in [0.15, 0.2) is 90.4 Å². The molecule has 0 spiro atoms. The van der Waals surface area contributed by atoms with Crippen LogP contribution in [0.3, 0.4) is 0 Å². The van der Waals surface area contributed by atoms with Crippen molar-refractivity contribution in [2.24, 2.45) is 5.73 Å². The van der Waals surface area contributed by atoms with Gasteiger partial charge >= 0.3 is 0 Å². The van der Waals surface area contributed by atoms with Crippen molar-refractivity contribution in [3.05, 3.63) is 102 Å². The third-order valence-electron chi connectivity index (χ3n) is 5.62. The number of thiazole rings is 1. The molecule has 0 unspecified atom stereocenters. The summed E-state index contributed by atoms with van der Waals surface area (Å²) >= 11 is 1.60. The largest absolute Gasteiger partial charge is 0.329 e. The Labute approximate surface area is 202 Å². The summed E-state index contributed by atoms with van der Waals surface area (Å²) in [6, 6.07) is 25.4. The summed E-state index contributed by atoms with van der Waals surface area (Å²) in [7, 11) is 0. The lowest BCUT2D eigenvalue weighted by Gasteiger charge is -2.12. The van der Waals surface area contributed by atoms with Crippen molar-refractivity contribution in [2.75, 3.05) is 18.4 Å². The molecular formula is C27H25N5OS. The lowest BCUT2D eigenvalue weighted by Crippen LogP contribution is -2.22. The van der Waals surface area contributed by atoms with E-state index in [1.165, 1.54) is 0 Å². The average molecular weight is 468 g/mol. The molecule has 7 heteroatoms. The first kappa shape index (κ1) is 22.0. The van der Waals surface area contributed by atoms with Crippen LogP contribution in [0.4, 0.5) is 5.69 Å². The van der Waals surface area contributed by atoms with Crippen molar-refractivity contribution in [1.29, 1.82) is 0 Å². The predicted molar refractivity (Wildman–Crippen MR) is 139 cm³/mol. The first-order chi connectivity index (χ1) is 16.7. The minimum atomic E-state index is -0.153. The fourth-order valence-corrected chi connectivity index (χ4v) is 4.83. The maximum absolute atomic E-state index is 13.4. The number of nitrogens with zero attached hydrogens (tertiary/aromatic N) is 2. The van der Waals surface area contributed by atoms with E-state index in [1.807, 2.05) is 85.1 Å². The third kappa shape index (κ3) is 4.49. The normalized spacial score (nSPS) is 11.1. The van der Waals surface area contributed by atoms with E-state index < -0.39 is 0 Å². The number of benzene rings is 3. The molecule has 1 amide bonds. The molecule has 0 atom stereocenters. The van der Waals surface area contributed by atoms with Crippen LogP contribution in [-0.4, -0.2) is 28.4 Å². The van der Waals surface area contributed by atoms with Crippen LogP contribution in [0.25, 0.3) is 27.3 Å². The van der Waals surface area contributed by atoms with Crippen LogP contribution in [0.2, 0.25) is 0 Å². The van der Waals surface area contributed by atoms with Gasteiger partial charge in [0.15, 0.2) is 4.96 Å². The molecule has 0 saturated carbocycles. The summed E-state index contributed by atoms with van der Waals surface area (Å²) in [6.45, 7) is 2.09. The number of carbonyl (C=O) groups is 1. The van der Waals surface area contributed by atoms with Gasteiger partial charge in [-0.3, -0.25) is 9.20 Å². The summed E-state index contributed by atoms with van der Waals surface area (Å²) in [5.74, 6) is -0.153. The fraction of sp³-hybridized carbons (Fsp3) is 0.111. The number of hydrogen-bond acceptors (Lipinski definition) is 5. The zero-order valence-corrected chi connectivity index (χ0v) is 19.4. The van der Waals surface area contributed by atoms with Crippen LogP contribution in [0, 0.1) is 0 Å². The second-order valence-electron chi connectivity index (χ2n) is 7.88. The van der Waals surface area contributed by atoms with Crippen molar-refractivity contribution < 1.29 is 4.79 Å². The fourth-order valence-electron chi connectivity index (χ4n) is 3.96. The van der Waals surface area contributed by atoms with E-state index in [0.717, 1.165) is 51.8 Å². The second-order valence-corrected chi connectivity index (χ2v) is 8.72. The van der Waals surface area contributed by atoms with Crippen molar-refractivity contribution in [2.45, 2.75) is 6.54 Å². The number of para-hydroxylation sites is 1. The smallest absolute Gasteiger partial charge is 0.256 e. The van der Waals surface area contributed by atoms with Crippen LogP contribution in [0.1, 0.15) is 16.1 Å². The Bertz CT molecular complexity index is 1420. The summed E-state index contributed by atoms with van der Waals surface area (Å²) < 4.78 is 2.09. The molecule has 0 aliphatic heterocycles. The quantitative estimate of drug-likeness (QED) is 0.280. The van der Waals surface area contributed by atoms with Gasteiger partial charge in [-0.2, -0.15) is 0 Å². The number of aromatic nitrogens is 2. The monoisotopic (exact) mass is 467 g/mol. The molecule has 4 N–H and O–H groups in total. The first-order valence-corrected chi connectivity index (χ1v) is 12.0. The number of nitrogens with one attached hydrogen (secondary N) is 2. The van der Waals surface area contributed by atoms with E-state index in [9.17, 15) is 4.79 Å². The van der Waals surface area contributed by atoms with Gasteiger partial charge in [-0.15, -0.1) is 11.3 Å². The van der Waals surface area contributed by atoms with Gasteiger partial charge in [0.2, 0.25) is 0 Å². The number of carbonyl (C=O) groups excluding carboxylic acids is 1. The maximum atomic E-state index is 13.4. The van der Waals surface area contributed by atoms with Crippen molar-refractivity contribution >= 4 is 27.9 Å². The molecule has 34 heavy (non-hydrogen) atoms. The third-order valence-corrected chi connectivity index (χ3v) is 6.51. The molecule has 0 aliphatic carbocycles. The Kier molecular flexibility index (Phi) is 6.49. The number of imidazole rings is 1. The van der Waals surface area contributed by atoms with E-state index in [1.54, 1.807) is 11.3 Å². The molecule has 0 radical (unpaired) electrons. The topological polar surface area (TPSA) is 84.4 Å². The zero-order chi connectivity index (χ0) is 23.3. The van der Waals surface area contributed by atoms with E-state index >= 15 is 0 Å². The Morgan fingerprint density at radius 3 is 2.50 bits per heavy atom. The van der Waals surface area contributed by atoms with Crippen LogP contribution in [-0.2, 0) is 6.54 Å². The standard InChI is InChI=1S/C27H25N5OS/c28-14-15-29-16-20-18-34-27-31-25(17-32(20)27)23-12-6-7-13-24(23)30-26(33)22-11-5-4-10-21(22)19-8-2-1-3-9-19/h1-13,17-18,29H,14-16,28H2,(H,30,33). The lowest BCUT2D eigenvalue weighted by molar-refractivity contribution is 0.102. The van der Waals surface area contributed by atoms with E-state index in [-0.39, 0.29) is 5.91 Å². The van der Waals surface area contributed by atoms with E-state index in [2.05, 4.69) is 20.4 Å². The zero-order valence-electron chi connectivity index (χ0n) is 18.6. The molecule has 0 aliphatic rings. The molecule has 0 bridgehead atoms. The van der Waals surface area contributed by atoms with Crippen LogP contribution in [0.5, 0.6) is 0 Å². The Hall–Kier alpha value is -3.78. The Morgan fingerprint density at radius 1 is 0.941 bits per heavy atom. The van der Waals surface area contributed by atoms with Crippen LogP contribution >= 0.6 is 11.3 Å². The minimum Gasteiger partial charge on any atom is -0.329 e. The second kappa shape index (κ2) is 10.0. The first-order valence-electron chi connectivity index (χ1n) is 11.2. The molecule has 2 heterocycles. The van der Waals surface area contributed by atoms with Crippen LogP contribution < -0.4 is 16.4 Å². The average Bonchev–Trinajstić information content (AvgIpc) is 3.47. The highest BCUT2D eigenvalue weighted by atomic mass is 32.1. The number of nitrogens with two attached hydrogens (primary N) is 1. The number of fused-ring (bicyclic) bond motifs is 1. The van der Waals surface area contributed by atoms with Gasteiger partial charge < -0.3 is 16.4 Å². The Morgan fingerprint density at radius 2 is 1.68 bits per heavy atom. The molecule has 2 aromatic heterocycles. The van der Waals surface area contributed by atoms with Gasteiger partial charge in [-0.05, 0) is 23.3 Å². The summed E-state index contributed by atoms with van der Waals surface area (Å²) in [5.41, 5.74) is 11.7. The molecule has 0 saturated heterocycles. The SMILES string of the molecule is NCCNCc1csc2nc(-c3ccccc3NC(=O)c3ccccc3-c3ccccc3)cn12. The van der Waals surface area contributed by atoms with Gasteiger partial charge in [0.05, 0.1) is 11.4 Å². The van der Waals surface area contributed by atoms with Gasteiger partial charge in [-0.25, -0.2) is 4.98 Å². The molecule has 6 nitrogen and oxygen atoms in total.